The van der Waals surface area contributed by atoms with E-state index in [9.17, 15) is 29.7 Å². The average Bonchev–Trinajstić information content (AvgIpc) is 3.38. The molecule has 0 bridgehead atoms. The molecule has 0 fully saturated rings. The lowest BCUT2D eigenvalue weighted by Crippen LogP contribution is -2.42. The second-order valence-corrected chi connectivity index (χ2v) is 23.0. The number of carboxylic acids is 3. The van der Waals surface area contributed by atoms with Crippen molar-refractivity contribution in [3.8, 4) is 0 Å². The molecule has 0 saturated carbocycles. The number of hydrogen-bond acceptors (Lipinski definition) is 7. The van der Waals surface area contributed by atoms with Crippen molar-refractivity contribution < 1.29 is 50.1 Å². The summed E-state index contributed by atoms with van der Waals surface area (Å²) >= 11 is 0. The van der Waals surface area contributed by atoms with Crippen LogP contribution in [0.4, 0.5) is 0 Å². The Kier molecular flexibility index (Phi) is 71.7. The zero-order chi connectivity index (χ0) is 57.4. The van der Waals surface area contributed by atoms with Gasteiger partial charge in [-0.05, 0) is 38.5 Å². The highest BCUT2D eigenvalue weighted by atomic mass is 16.4. The minimum absolute atomic E-state index is 0.0271. The molecular weight excluding hydrogens is 953 g/mol. The van der Waals surface area contributed by atoms with E-state index in [1.54, 1.807) is 0 Å². The van der Waals surface area contributed by atoms with Crippen LogP contribution >= 0.6 is 0 Å². The van der Waals surface area contributed by atoms with Crippen LogP contribution in [0.2, 0.25) is 0 Å². The lowest BCUT2D eigenvalue weighted by Gasteiger charge is -2.18. The Morgan fingerprint density at radius 3 is 0.513 bits per heavy atom. The molecule has 0 rings (SSSR count). The fourth-order valence-corrected chi connectivity index (χ4v) is 9.70. The molecule has 0 radical (unpaired) electrons. The molecule has 0 heterocycles. The van der Waals surface area contributed by atoms with Gasteiger partial charge in [-0.1, -0.05) is 330 Å². The second kappa shape index (κ2) is 67.5. The quantitative estimate of drug-likeness (QED) is 0.0288. The van der Waals surface area contributed by atoms with Crippen molar-refractivity contribution in [1.82, 2.24) is 0 Å². The molecule has 10 nitrogen and oxygen atoms in total. The molecular formula is C66H134O10. The van der Waals surface area contributed by atoms with Crippen LogP contribution in [0, 0.1) is 0 Å². The first-order chi connectivity index (χ1) is 36.7. The van der Waals surface area contributed by atoms with Crippen molar-refractivity contribution in [3.63, 3.8) is 0 Å². The molecule has 0 aromatic rings. The van der Waals surface area contributed by atoms with E-state index in [1.807, 2.05) is 0 Å². The molecule has 0 spiro atoms. The highest BCUT2D eigenvalue weighted by Crippen LogP contribution is 2.19. The van der Waals surface area contributed by atoms with E-state index in [4.69, 9.17) is 20.4 Å². The molecule has 0 aromatic carbocycles. The van der Waals surface area contributed by atoms with Gasteiger partial charge in [0.1, 0.15) is 0 Å². The number of aliphatic carboxylic acids is 3. The molecule has 0 aliphatic heterocycles. The standard InChI is InChI=1S/3C20H42O.C6H8O7/c3*1-3-5-7-9-11-12-13-15-17-19-20(21)18-16-14-10-8-6-4-2;7-3(8)1-6(13,5(11)12)2-4(9)10/h3*20-21H,3-19H2,1-2H3;13H,1-2H2,(H,7,8)(H,9,10)(H,11,12). The maximum Gasteiger partial charge on any atom is 0.336 e. The first kappa shape index (κ1) is 80.7. The summed E-state index contributed by atoms with van der Waals surface area (Å²) in [5.41, 5.74) is -2.74. The minimum atomic E-state index is -2.74. The van der Waals surface area contributed by atoms with Crippen molar-refractivity contribution in [2.24, 2.45) is 0 Å². The Labute approximate surface area is 472 Å². The third-order valence-electron chi connectivity index (χ3n) is 14.9. The summed E-state index contributed by atoms with van der Waals surface area (Å²) in [6.07, 6.45) is 64.8. The maximum atomic E-state index is 10.3. The van der Waals surface area contributed by atoms with E-state index in [-0.39, 0.29) is 18.3 Å². The number of aliphatic hydroxyl groups is 4. The summed E-state index contributed by atoms with van der Waals surface area (Å²) < 4.78 is 0. The van der Waals surface area contributed by atoms with E-state index < -0.39 is 36.4 Å². The van der Waals surface area contributed by atoms with Gasteiger partial charge in [-0.15, -0.1) is 0 Å². The Morgan fingerprint density at radius 1 is 0.263 bits per heavy atom. The van der Waals surface area contributed by atoms with Crippen LogP contribution in [-0.2, 0) is 14.4 Å². The molecule has 458 valence electrons. The van der Waals surface area contributed by atoms with Gasteiger partial charge in [-0.2, -0.15) is 0 Å². The third kappa shape index (κ3) is 72.2. The van der Waals surface area contributed by atoms with E-state index in [2.05, 4.69) is 41.5 Å². The highest BCUT2D eigenvalue weighted by molar-refractivity contribution is 5.88. The number of carboxylic acid groups (broad SMARTS) is 3. The van der Waals surface area contributed by atoms with Crippen LogP contribution in [0.15, 0.2) is 0 Å². The predicted octanol–water partition coefficient (Wildman–Crippen LogP) is 19.8. The van der Waals surface area contributed by atoms with Gasteiger partial charge in [-0.25, -0.2) is 4.79 Å². The molecule has 76 heavy (non-hydrogen) atoms. The van der Waals surface area contributed by atoms with Gasteiger partial charge in [0.05, 0.1) is 31.2 Å². The van der Waals surface area contributed by atoms with E-state index in [1.165, 1.54) is 289 Å². The number of rotatable bonds is 56. The van der Waals surface area contributed by atoms with Crippen LogP contribution in [0.25, 0.3) is 0 Å². The van der Waals surface area contributed by atoms with Crippen LogP contribution in [0.5, 0.6) is 0 Å². The monoisotopic (exact) mass is 1090 g/mol. The van der Waals surface area contributed by atoms with E-state index in [0.29, 0.717) is 0 Å². The lowest BCUT2D eigenvalue weighted by molar-refractivity contribution is -0.170. The smallest absolute Gasteiger partial charge is 0.336 e. The van der Waals surface area contributed by atoms with E-state index >= 15 is 0 Å². The normalized spacial score (nSPS) is 12.4. The SMILES string of the molecule is CCCCCCCCCCCC(O)CCCCCCCC.CCCCCCCCCCCC(O)CCCCCCCC.CCCCCCCCCCCC(O)CCCCCCCC.O=C(O)CC(O)(CC(=O)O)C(=O)O. The number of aliphatic hydroxyl groups excluding tert-OH is 3. The fourth-order valence-electron chi connectivity index (χ4n) is 9.70. The third-order valence-corrected chi connectivity index (χ3v) is 14.9. The molecule has 10 heteroatoms. The molecule has 3 atom stereocenters. The Hall–Kier alpha value is -1.75. The molecule has 7 N–H and O–H groups in total. The number of hydrogen-bond donors (Lipinski definition) is 7. The summed E-state index contributed by atoms with van der Waals surface area (Å²) in [5, 5.41) is 63.7. The van der Waals surface area contributed by atoms with Gasteiger partial charge in [0.25, 0.3) is 0 Å². The highest BCUT2D eigenvalue weighted by Gasteiger charge is 2.40. The second-order valence-electron chi connectivity index (χ2n) is 23.0. The summed E-state index contributed by atoms with van der Waals surface area (Å²) in [6.45, 7) is 13.6. The van der Waals surface area contributed by atoms with Crippen LogP contribution in [-0.4, -0.2) is 77.6 Å². The topological polar surface area (TPSA) is 193 Å². The summed E-state index contributed by atoms with van der Waals surface area (Å²) in [4.78, 5) is 30.5. The van der Waals surface area contributed by atoms with Gasteiger partial charge in [-0.3, -0.25) is 9.59 Å². The fraction of sp³-hybridized carbons (Fsp3) is 0.955. The minimum Gasteiger partial charge on any atom is -0.481 e. The Morgan fingerprint density at radius 2 is 0.395 bits per heavy atom. The van der Waals surface area contributed by atoms with Crippen molar-refractivity contribution in [3.05, 3.63) is 0 Å². The largest absolute Gasteiger partial charge is 0.481 e. The summed E-state index contributed by atoms with van der Waals surface area (Å²) in [7, 11) is 0. The van der Waals surface area contributed by atoms with Gasteiger partial charge < -0.3 is 35.7 Å². The Bertz CT molecular complexity index is 1020. The van der Waals surface area contributed by atoms with Gasteiger partial charge in [0, 0.05) is 0 Å². The molecule has 0 amide bonds. The molecule has 3 unspecified atom stereocenters. The summed E-state index contributed by atoms with van der Waals surface area (Å²) in [5.74, 6) is -5.02. The van der Waals surface area contributed by atoms with Crippen molar-refractivity contribution in [1.29, 1.82) is 0 Å². The zero-order valence-electron chi connectivity index (χ0n) is 51.6. The lowest BCUT2D eigenvalue weighted by atomic mass is 9.96. The van der Waals surface area contributed by atoms with Crippen molar-refractivity contribution >= 4 is 17.9 Å². The van der Waals surface area contributed by atoms with Gasteiger partial charge in [0.15, 0.2) is 5.60 Å². The average molecular weight is 1090 g/mol. The maximum absolute atomic E-state index is 10.3. The van der Waals surface area contributed by atoms with Gasteiger partial charge in [0.2, 0.25) is 0 Å². The number of unbranched alkanes of at least 4 members (excludes halogenated alkanes) is 39. The zero-order valence-corrected chi connectivity index (χ0v) is 51.6. The van der Waals surface area contributed by atoms with Crippen LogP contribution < -0.4 is 0 Å². The van der Waals surface area contributed by atoms with Crippen LogP contribution in [0.1, 0.15) is 382 Å². The van der Waals surface area contributed by atoms with Crippen LogP contribution in [0.3, 0.4) is 0 Å². The molecule has 0 saturated heterocycles. The Balaban J connectivity index is -0.000000461. The molecule has 0 aliphatic carbocycles. The van der Waals surface area contributed by atoms with Crippen molar-refractivity contribution in [2.45, 2.75) is 406 Å². The first-order valence-corrected chi connectivity index (χ1v) is 33.1. The van der Waals surface area contributed by atoms with Gasteiger partial charge >= 0.3 is 17.9 Å². The number of carbonyl (C=O) groups is 3. The first-order valence-electron chi connectivity index (χ1n) is 33.1. The summed E-state index contributed by atoms with van der Waals surface area (Å²) in [6, 6.07) is 0. The molecule has 0 aromatic heterocycles. The molecule has 0 aliphatic rings. The van der Waals surface area contributed by atoms with Crippen molar-refractivity contribution in [2.75, 3.05) is 0 Å². The van der Waals surface area contributed by atoms with E-state index in [0.717, 1.165) is 38.5 Å². The predicted molar refractivity (Wildman–Crippen MR) is 325 cm³/mol.